The molecule has 0 radical (unpaired) electrons. The number of methoxy groups -OCH3 is 2. The van der Waals surface area contributed by atoms with Gasteiger partial charge in [0.25, 0.3) is 5.91 Å². The molecule has 0 aromatic heterocycles. The second-order valence-electron chi connectivity index (χ2n) is 3.47. The summed E-state index contributed by atoms with van der Waals surface area (Å²) in [6.45, 7) is 0.141. The van der Waals surface area contributed by atoms with E-state index < -0.39 is 11.9 Å². The number of hydrogen-bond donors (Lipinski definition) is 2. The first kappa shape index (κ1) is 13.8. The Morgan fingerprint density at radius 1 is 1.33 bits per heavy atom. The molecule has 0 bridgehead atoms. The lowest BCUT2D eigenvalue weighted by Gasteiger charge is -2.08. The lowest BCUT2D eigenvalue weighted by atomic mass is 10.1. The van der Waals surface area contributed by atoms with Gasteiger partial charge in [-0.1, -0.05) is 0 Å². The van der Waals surface area contributed by atoms with Crippen LogP contribution in [0.1, 0.15) is 16.8 Å². The van der Waals surface area contributed by atoms with E-state index in [1.165, 1.54) is 26.4 Å². The van der Waals surface area contributed by atoms with Gasteiger partial charge in [0.1, 0.15) is 11.5 Å². The van der Waals surface area contributed by atoms with Crippen LogP contribution in [0.4, 0.5) is 0 Å². The number of phenols is 1. The van der Waals surface area contributed by atoms with E-state index in [2.05, 4.69) is 10.1 Å². The van der Waals surface area contributed by atoms with Crippen molar-refractivity contribution in [2.45, 2.75) is 6.42 Å². The highest BCUT2D eigenvalue weighted by molar-refractivity contribution is 5.97. The molecule has 1 rings (SSSR count). The number of phenolic OH excluding ortho intramolecular Hbond substituents is 1. The molecule has 0 aliphatic carbocycles. The van der Waals surface area contributed by atoms with Crippen LogP contribution >= 0.6 is 0 Å². The minimum atomic E-state index is -0.477. The standard InChI is InChI=1S/C12H15NO5/c1-17-8-3-4-10(14)9(7-8)12(16)13-6-5-11(15)18-2/h3-4,7,14H,5-6H2,1-2H3,(H,13,16). The fraction of sp³-hybridized carbons (Fsp3) is 0.333. The van der Waals surface area contributed by atoms with Crippen LogP contribution in [0.15, 0.2) is 18.2 Å². The average Bonchev–Trinajstić information content (AvgIpc) is 2.38. The third-order valence-electron chi connectivity index (χ3n) is 2.29. The van der Waals surface area contributed by atoms with E-state index in [-0.39, 0.29) is 24.3 Å². The minimum absolute atomic E-state index is 0.0764. The summed E-state index contributed by atoms with van der Waals surface area (Å²) < 4.78 is 9.39. The highest BCUT2D eigenvalue weighted by atomic mass is 16.5. The van der Waals surface area contributed by atoms with Gasteiger partial charge in [0.05, 0.1) is 26.2 Å². The van der Waals surface area contributed by atoms with Crippen LogP contribution in [-0.4, -0.2) is 37.7 Å². The molecular formula is C12H15NO5. The molecule has 0 aliphatic heterocycles. The molecule has 1 aromatic rings. The Morgan fingerprint density at radius 2 is 2.06 bits per heavy atom. The molecule has 0 fully saturated rings. The Balaban J connectivity index is 2.63. The Labute approximate surface area is 105 Å². The Morgan fingerprint density at radius 3 is 2.67 bits per heavy atom. The van der Waals surface area contributed by atoms with Gasteiger partial charge in [-0.15, -0.1) is 0 Å². The number of nitrogens with one attached hydrogen (secondary N) is 1. The molecule has 6 heteroatoms. The number of aromatic hydroxyl groups is 1. The zero-order chi connectivity index (χ0) is 13.5. The Hall–Kier alpha value is -2.24. The maximum Gasteiger partial charge on any atom is 0.307 e. The molecule has 0 spiro atoms. The first-order valence-electron chi connectivity index (χ1n) is 5.30. The molecular weight excluding hydrogens is 238 g/mol. The lowest BCUT2D eigenvalue weighted by molar-refractivity contribution is -0.140. The third-order valence-corrected chi connectivity index (χ3v) is 2.29. The van der Waals surface area contributed by atoms with Crippen molar-refractivity contribution in [3.05, 3.63) is 23.8 Å². The predicted molar refractivity (Wildman–Crippen MR) is 63.6 cm³/mol. The summed E-state index contributed by atoms with van der Waals surface area (Å²) in [5.74, 6) is -0.572. The molecule has 2 N–H and O–H groups in total. The molecule has 0 heterocycles. The summed E-state index contributed by atoms with van der Waals surface area (Å²) >= 11 is 0. The normalized spacial score (nSPS) is 9.67. The number of esters is 1. The van der Waals surface area contributed by atoms with Crippen molar-refractivity contribution in [2.75, 3.05) is 20.8 Å². The van der Waals surface area contributed by atoms with Crippen molar-refractivity contribution < 1.29 is 24.2 Å². The van der Waals surface area contributed by atoms with Crippen LogP contribution in [0, 0.1) is 0 Å². The van der Waals surface area contributed by atoms with Crippen molar-refractivity contribution in [2.24, 2.45) is 0 Å². The first-order chi connectivity index (χ1) is 8.58. The number of rotatable bonds is 5. The van der Waals surface area contributed by atoms with E-state index in [9.17, 15) is 14.7 Å². The van der Waals surface area contributed by atoms with Crippen LogP contribution in [0.5, 0.6) is 11.5 Å². The first-order valence-corrected chi connectivity index (χ1v) is 5.30. The topological polar surface area (TPSA) is 84.9 Å². The Bertz CT molecular complexity index is 444. The molecule has 0 saturated heterocycles. The monoisotopic (exact) mass is 253 g/mol. The summed E-state index contributed by atoms with van der Waals surface area (Å²) in [5.41, 5.74) is 0.0965. The van der Waals surface area contributed by atoms with Gasteiger partial charge in [-0.05, 0) is 18.2 Å². The third kappa shape index (κ3) is 3.65. The van der Waals surface area contributed by atoms with Crippen LogP contribution in [0.2, 0.25) is 0 Å². The minimum Gasteiger partial charge on any atom is -0.507 e. The van der Waals surface area contributed by atoms with Gasteiger partial charge in [-0.3, -0.25) is 9.59 Å². The van der Waals surface area contributed by atoms with Gasteiger partial charge in [0, 0.05) is 6.54 Å². The van der Waals surface area contributed by atoms with E-state index in [1.807, 2.05) is 0 Å². The summed E-state index contributed by atoms with van der Waals surface area (Å²) in [6.07, 6.45) is 0.0764. The van der Waals surface area contributed by atoms with Crippen molar-refractivity contribution in [3.63, 3.8) is 0 Å². The van der Waals surface area contributed by atoms with E-state index in [4.69, 9.17) is 4.74 Å². The number of hydrogen-bond acceptors (Lipinski definition) is 5. The number of ether oxygens (including phenoxy) is 2. The van der Waals surface area contributed by atoms with Crippen LogP contribution < -0.4 is 10.1 Å². The van der Waals surface area contributed by atoms with Crippen molar-refractivity contribution in [1.29, 1.82) is 0 Å². The molecule has 98 valence electrons. The summed E-state index contributed by atoms with van der Waals surface area (Å²) in [6, 6.07) is 4.33. The summed E-state index contributed by atoms with van der Waals surface area (Å²) in [4.78, 5) is 22.6. The molecule has 0 aliphatic rings. The van der Waals surface area contributed by atoms with Gasteiger partial charge in [-0.25, -0.2) is 0 Å². The molecule has 6 nitrogen and oxygen atoms in total. The second-order valence-corrected chi connectivity index (χ2v) is 3.47. The maximum absolute atomic E-state index is 11.7. The largest absolute Gasteiger partial charge is 0.507 e. The molecule has 1 amide bonds. The highest BCUT2D eigenvalue weighted by Gasteiger charge is 2.12. The lowest BCUT2D eigenvalue weighted by Crippen LogP contribution is -2.26. The van der Waals surface area contributed by atoms with E-state index >= 15 is 0 Å². The van der Waals surface area contributed by atoms with E-state index in [0.717, 1.165) is 0 Å². The van der Waals surface area contributed by atoms with Gasteiger partial charge in [0.15, 0.2) is 0 Å². The van der Waals surface area contributed by atoms with Gasteiger partial charge in [0.2, 0.25) is 0 Å². The molecule has 0 atom stereocenters. The van der Waals surface area contributed by atoms with Crippen LogP contribution in [0.25, 0.3) is 0 Å². The van der Waals surface area contributed by atoms with E-state index in [1.54, 1.807) is 6.07 Å². The predicted octanol–water partition coefficient (Wildman–Crippen LogP) is 0.694. The van der Waals surface area contributed by atoms with Crippen LogP contribution in [-0.2, 0) is 9.53 Å². The van der Waals surface area contributed by atoms with E-state index in [0.29, 0.717) is 5.75 Å². The molecule has 1 aromatic carbocycles. The highest BCUT2D eigenvalue weighted by Crippen LogP contribution is 2.22. The van der Waals surface area contributed by atoms with Crippen molar-refractivity contribution >= 4 is 11.9 Å². The van der Waals surface area contributed by atoms with Crippen molar-refractivity contribution in [1.82, 2.24) is 5.32 Å². The van der Waals surface area contributed by atoms with Crippen molar-refractivity contribution in [3.8, 4) is 11.5 Å². The fourth-order valence-electron chi connectivity index (χ4n) is 1.30. The van der Waals surface area contributed by atoms with Gasteiger partial charge in [-0.2, -0.15) is 0 Å². The number of benzene rings is 1. The van der Waals surface area contributed by atoms with Gasteiger partial charge < -0.3 is 19.9 Å². The molecule has 0 unspecified atom stereocenters. The number of amides is 1. The van der Waals surface area contributed by atoms with Crippen LogP contribution in [0.3, 0.4) is 0 Å². The average molecular weight is 253 g/mol. The second kappa shape index (κ2) is 6.48. The quantitative estimate of drug-likeness (QED) is 0.754. The fourth-order valence-corrected chi connectivity index (χ4v) is 1.30. The zero-order valence-corrected chi connectivity index (χ0v) is 10.2. The number of carbonyl (C=O) groups excluding carboxylic acids is 2. The SMILES string of the molecule is COC(=O)CCNC(=O)c1cc(OC)ccc1O. The summed E-state index contributed by atoms with van der Waals surface area (Å²) in [5, 5.41) is 12.0. The molecule has 18 heavy (non-hydrogen) atoms. The molecule has 0 saturated carbocycles. The number of carbonyl (C=O) groups is 2. The zero-order valence-electron chi connectivity index (χ0n) is 10.2. The smallest absolute Gasteiger partial charge is 0.307 e. The summed E-state index contributed by atoms with van der Waals surface area (Å²) in [7, 11) is 2.74. The Kier molecular flexibility index (Phi) is 4.98. The van der Waals surface area contributed by atoms with Gasteiger partial charge >= 0.3 is 5.97 Å². The maximum atomic E-state index is 11.7.